The molecule has 2 fully saturated rings. The molecule has 0 bridgehead atoms. The molecule has 2 saturated heterocycles. The average Bonchev–Trinajstić information content (AvgIpc) is 3.77. The third-order valence-electron chi connectivity index (χ3n) is 8.88. The maximum atomic E-state index is 12.4. The number of methoxy groups -OCH3 is 2. The van der Waals surface area contributed by atoms with Gasteiger partial charge in [-0.3, -0.25) is 24.5 Å². The van der Waals surface area contributed by atoms with Gasteiger partial charge in [-0.15, -0.1) is 0 Å². The Morgan fingerprint density at radius 3 is 2.08 bits per heavy atom. The van der Waals surface area contributed by atoms with E-state index in [1.54, 1.807) is 33.7 Å². The Bertz CT molecular complexity index is 1860. The lowest BCUT2D eigenvalue weighted by Gasteiger charge is -2.23. The Balaban J connectivity index is 1.24. The lowest BCUT2D eigenvalue weighted by atomic mass is 9.98. The molecule has 2 amide bonds. The van der Waals surface area contributed by atoms with Crippen LogP contribution in [0.25, 0.3) is 33.6 Å². The SMILES string of the molecule is CNC(=O)[C@H]1CCCN1Cc1ncc(-c2cccc(-c3cccc(-c4cnc(CNCC5CCC(=O)N5)c(OC)n4)c3Cl)c2Cl)nc1OC. The molecule has 2 aromatic heterocycles. The molecule has 0 saturated carbocycles. The summed E-state index contributed by atoms with van der Waals surface area (Å²) in [6, 6.07) is 11.2. The number of nitrogens with one attached hydrogen (secondary N) is 3. The monoisotopic (exact) mass is 704 g/mol. The van der Waals surface area contributed by atoms with Crippen LogP contribution in [0.15, 0.2) is 48.8 Å². The van der Waals surface area contributed by atoms with Crippen LogP contribution in [0, 0.1) is 0 Å². The second kappa shape index (κ2) is 15.5. The maximum Gasteiger partial charge on any atom is 0.237 e. The van der Waals surface area contributed by atoms with Crippen LogP contribution in [-0.4, -0.2) is 83.1 Å². The van der Waals surface area contributed by atoms with Gasteiger partial charge in [-0.05, 0) is 25.8 Å². The molecule has 14 heteroatoms. The number of halogens is 2. The van der Waals surface area contributed by atoms with Crippen LogP contribution in [0.3, 0.4) is 0 Å². The number of ether oxygens (including phenoxy) is 2. The molecule has 256 valence electrons. The fraction of sp³-hybridized carbons (Fsp3) is 0.371. The minimum Gasteiger partial charge on any atom is -0.480 e. The summed E-state index contributed by atoms with van der Waals surface area (Å²) in [5, 5.41) is 9.93. The predicted molar refractivity (Wildman–Crippen MR) is 187 cm³/mol. The van der Waals surface area contributed by atoms with E-state index in [1.807, 2.05) is 36.4 Å². The van der Waals surface area contributed by atoms with Gasteiger partial charge >= 0.3 is 0 Å². The smallest absolute Gasteiger partial charge is 0.237 e. The van der Waals surface area contributed by atoms with E-state index in [2.05, 4.69) is 25.8 Å². The van der Waals surface area contributed by atoms with Crippen molar-refractivity contribution in [2.75, 3.05) is 34.4 Å². The van der Waals surface area contributed by atoms with Gasteiger partial charge < -0.3 is 25.4 Å². The van der Waals surface area contributed by atoms with Crippen molar-refractivity contribution in [2.45, 2.75) is 50.9 Å². The van der Waals surface area contributed by atoms with E-state index in [-0.39, 0.29) is 23.9 Å². The summed E-state index contributed by atoms with van der Waals surface area (Å²) in [5.41, 5.74) is 5.13. The first kappa shape index (κ1) is 34.5. The number of benzene rings is 2. The molecule has 3 N–H and O–H groups in total. The van der Waals surface area contributed by atoms with Crippen LogP contribution >= 0.6 is 23.2 Å². The molecule has 49 heavy (non-hydrogen) atoms. The van der Waals surface area contributed by atoms with E-state index < -0.39 is 0 Å². The fourth-order valence-corrected chi connectivity index (χ4v) is 7.00. The van der Waals surface area contributed by atoms with Crippen molar-refractivity contribution in [1.29, 1.82) is 0 Å². The summed E-state index contributed by atoms with van der Waals surface area (Å²) >= 11 is 14.1. The zero-order valence-electron chi connectivity index (χ0n) is 27.6. The quantitative estimate of drug-likeness (QED) is 0.190. The number of likely N-dealkylation sites (N-methyl/N-ethyl adjacent to an activating group) is 1. The standard InChI is InChI=1S/C35H38Cl2N8O4/c1-38-33(47)29-11-6-14-45(29)19-28-35(49-3)44-26(18-41-28)24-10-5-8-22(32(24)37)21-7-4-9-23(31(21)36)25-17-40-27(34(43-25)48-2)16-39-15-20-12-13-30(46)42-20/h4-5,7-10,17-18,20,29,39H,6,11-16,19H2,1-3H3,(H,38,47)(H,42,46)/t20?,29-/m1/s1. The molecule has 2 aromatic carbocycles. The highest BCUT2D eigenvalue weighted by atomic mass is 35.5. The largest absolute Gasteiger partial charge is 0.480 e. The Morgan fingerprint density at radius 1 is 0.918 bits per heavy atom. The first-order valence-electron chi connectivity index (χ1n) is 16.1. The molecule has 6 rings (SSSR count). The molecule has 2 atom stereocenters. The van der Waals surface area contributed by atoms with Crippen LogP contribution in [0.4, 0.5) is 0 Å². The van der Waals surface area contributed by atoms with Crippen LogP contribution in [0.1, 0.15) is 37.1 Å². The second-order valence-electron chi connectivity index (χ2n) is 11.9. The summed E-state index contributed by atoms with van der Waals surface area (Å²) in [4.78, 5) is 44.8. The van der Waals surface area contributed by atoms with Crippen molar-refractivity contribution in [2.24, 2.45) is 0 Å². The highest BCUT2D eigenvalue weighted by Gasteiger charge is 2.31. The van der Waals surface area contributed by atoms with Crippen molar-refractivity contribution in [1.82, 2.24) is 40.8 Å². The molecule has 0 spiro atoms. The Morgan fingerprint density at radius 2 is 1.51 bits per heavy atom. The summed E-state index contributed by atoms with van der Waals surface area (Å²) in [5.74, 6) is 0.830. The molecular formula is C35H38Cl2N8O4. The van der Waals surface area contributed by atoms with Crippen molar-refractivity contribution in [3.8, 4) is 45.4 Å². The molecular weight excluding hydrogens is 667 g/mol. The van der Waals surface area contributed by atoms with Gasteiger partial charge in [0.05, 0.1) is 54.1 Å². The predicted octanol–water partition coefficient (Wildman–Crippen LogP) is 4.67. The minimum absolute atomic E-state index is 0.00364. The Kier molecular flexibility index (Phi) is 10.9. The van der Waals surface area contributed by atoms with Gasteiger partial charge in [0, 0.05) is 61.4 Å². The third kappa shape index (κ3) is 7.47. The molecule has 0 radical (unpaired) electrons. The number of carbonyl (C=O) groups excluding carboxylic acids is 2. The molecule has 2 aliphatic heterocycles. The van der Waals surface area contributed by atoms with Gasteiger partial charge in [0.15, 0.2) is 0 Å². The number of nitrogens with zero attached hydrogens (tertiary/aromatic N) is 5. The number of likely N-dealkylation sites (tertiary alicyclic amines) is 1. The third-order valence-corrected chi connectivity index (χ3v) is 9.70. The molecule has 12 nitrogen and oxygen atoms in total. The van der Waals surface area contributed by atoms with Gasteiger partial charge in [-0.1, -0.05) is 59.6 Å². The van der Waals surface area contributed by atoms with Crippen LogP contribution < -0.4 is 25.4 Å². The maximum absolute atomic E-state index is 12.4. The van der Waals surface area contributed by atoms with Crippen molar-refractivity contribution >= 4 is 35.0 Å². The second-order valence-corrected chi connectivity index (χ2v) is 12.7. The first-order valence-corrected chi connectivity index (χ1v) is 16.9. The number of hydrogen-bond acceptors (Lipinski definition) is 10. The van der Waals surface area contributed by atoms with Crippen molar-refractivity contribution < 1.29 is 19.1 Å². The Hall–Kier alpha value is -4.36. The van der Waals surface area contributed by atoms with Gasteiger partial charge in [0.1, 0.15) is 11.4 Å². The van der Waals surface area contributed by atoms with E-state index in [0.717, 1.165) is 25.8 Å². The zero-order valence-corrected chi connectivity index (χ0v) is 29.1. The highest BCUT2D eigenvalue weighted by molar-refractivity contribution is 6.39. The van der Waals surface area contributed by atoms with E-state index in [0.29, 0.717) is 92.9 Å². The first-order chi connectivity index (χ1) is 23.8. The molecule has 0 aliphatic carbocycles. The van der Waals surface area contributed by atoms with E-state index in [1.165, 1.54) is 0 Å². The normalized spacial score (nSPS) is 17.6. The zero-order chi connectivity index (χ0) is 34.5. The minimum atomic E-state index is -0.206. The van der Waals surface area contributed by atoms with Crippen molar-refractivity contribution in [3.05, 3.63) is 70.2 Å². The molecule has 1 unspecified atom stereocenters. The number of amides is 2. The Labute approximate surface area is 295 Å². The molecule has 2 aliphatic rings. The van der Waals surface area contributed by atoms with E-state index in [4.69, 9.17) is 47.6 Å². The summed E-state index contributed by atoms with van der Waals surface area (Å²) in [6.07, 6.45) is 6.44. The highest BCUT2D eigenvalue weighted by Crippen LogP contribution is 2.42. The van der Waals surface area contributed by atoms with Crippen LogP contribution in [-0.2, 0) is 22.7 Å². The van der Waals surface area contributed by atoms with Crippen LogP contribution in [0.2, 0.25) is 10.0 Å². The van der Waals surface area contributed by atoms with Gasteiger partial charge in [-0.2, -0.15) is 0 Å². The molecule has 4 heterocycles. The summed E-state index contributed by atoms with van der Waals surface area (Å²) in [7, 11) is 4.76. The number of aromatic nitrogens is 4. The number of carbonyl (C=O) groups is 2. The lowest BCUT2D eigenvalue weighted by Crippen LogP contribution is -2.41. The van der Waals surface area contributed by atoms with Gasteiger partial charge in [0.25, 0.3) is 0 Å². The number of rotatable bonds is 12. The van der Waals surface area contributed by atoms with Crippen molar-refractivity contribution in [3.63, 3.8) is 0 Å². The van der Waals surface area contributed by atoms with Gasteiger partial charge in [-0.25, -0.2) is 9.97 Å². The average molecular weight is 706 g/mol. The fourth-order valence-electron chi connectivity index (χ4n) is 6.35. The molecule has 4 aromatic rings. The summed E-state index contributed by atoms with van der Waals surface area (Å²) < 4.78 is 11.2. The lowest BCUT2D eigenvalue weighted by molar-refractivity contribution is -0.125. The number of hydrogen-bond donors (Lipinski definition) is 3. The van der Waals surface area contributed by atoms with E-state index >= 15 is 0 Å². The van der Waals surface area contributed by atoms with E-state index in [9.17, 15) is 9.59 Å². The van der Waals surface area contributed by atoms with Crippen LogP contribution in [0.5, 0.6) is 11.8 Å². The topological polar surface area (TPSA) is 143 Å². The van der Waals surface area contributed by atoms with Gasteiger partial charge in [0.2, 0.25) is 23.6 Å². The summed E-state index contributed by atoms with van der Waals surface area (Å²) in [6.45, 7) is 2.30.